The third-order valence-electron chi connectivity index (χ3n) is 2.97. The number of aromatic nitrogens is 4. The monoisotopic (exact) mass is 286 g/mol. The Labute approximate surface area is 128 Å². The van der Waals surface area contributed by atoms with Gasteiger partial charge in [0.05, 0.1) is 11.4 Å². The second-order valence-electron chi connectivity index (χ2n) is 4.62. The van der Waals surface area contributed by atoms with Crippen LogP contribution >= 0.6 is 0 Å². The van der Waals surface area contributed by atoms with Gasteiger partial charge in [-0.25, -0.2) is 0 Å². The van der Waals surface area contributed by atoms with Crippen molar-refractivity contribution in [2.75, 3.05) is 0 Å². The molecule has 0 saturated carbocycles. The second kappa shape index (κ2) is 7.04. The van der Waals surface area contributed by atoms with Gasteiger partial charge in [-0.2, -0.15) is 10.2 Å². The predicted octanol–water partition coefficient (Wildman–Crippen LogP) is 3.61. The number of hydrogen-bond donors (Lipinski definition) is 0. The molecule has 3 aromatic heterocycles. The Morgan fingerprint density at radius 3 is 1.45 bits per heavy atom. The average molecular weight is 286 g/mol. The van der Waals surface area contributed by atoms with Crippen LogP contribution < -0.4 is 0 Å². The summed E-state index contributed by atoms with van der Waals surface area (Å²) in [5.41, 5.74) is 3.68. The summed E-state index contributed by atoms with van der Waals surface area (Å²) >= 11 is 0. The molecule has 4 heteroatoms. The highest BCUT2D eigenvalue weighted by Crippen LogP contribution is 2.07. The molecule has 0 amide bonds. The Morgan fingerprint density at radius 1 is 0.591 bits per heavy atom. The van der Waals surface area contributed by atoms with E-state index in [9.17, 15) is 0 Å². The highest BCUT2D eigenvalue weighted by molar-refractivity contribution is 5.69. The van der Waals surface area contributed by atoms with Gasteiger partial charge in [-0.15, -0.1) is 0 Å². The van der Waals surface area contributed by atoms with Crippen LogP contribution in [0.4, 0.5) is 0 Å². The maximum Gasteiger partial charge on any atom is 0.0858 e. The minimum atomic E-state index is 0.808. The standard InChI is InChI=1S/C18H14N4/c1-3-15(13-19-11-1)5-7-17-9-10-18(22-21-17)8-6-16-4-2-12-20-14-16/h1-14H/b7-5+,8-6+. The number of rotatable bonds is 4. The van der Waals surface area contributed by atoms with Gasteiger partial charge in [-0.1, -0.05) is 24.3 Å². The first-order valence-corrected chi connectivity index (χ1v) is 6.90. The summed E-state index contributed by atoms with van der Waals surface area (Å²) < 4.78 is 0. The quantitative estimate of drug-likeness (QED) is 0.735. The second-order valence-corrected chi connectivity index (χ2v) is 4.62. The molecule has 0 saturated heterocycles. The molecule has 0 spiro atoms. The predicted molar refractivity (Wildman–Crippen MR) is 88.4 cm³/mol. The molecule has 0 unspecified atom stereocenters. The molecule has 0 fully saturated rings. The van der Waals surface area contributed by atoms with Crippen LogP contribution in [0.2, 0.25) is 0 Å². The van der Waals surface area contributed by atoms with Gasteiger partial charge in [0, 0.05) is 24.8 Å². The SMILES string of the molecule is C(=C\c1ccc(/C=C/c2cccnc2)nn1)/c1cccnc1. The van der Waals surface area contributed by atoms with Crippen LogP contribution in [0.25, 0.3) is 24.3 Å². The first-order valence-electron chi connectivity index (χ1n) is 6.90. The van der Waals surface area contributed by atoms with E-state index in [0.29, 0.717) is 0 Å². The summed E-state index contributed by atoms with van der Waals surface area (Å²) in [4.78, 5) is 8.13. The highest BCUT2D eigenvalue weighted by Gasteiger charge is 1.93. The van der Waals surface area contributed by atoms with Crippen molar-refractivity contribution in [3.63, 3.8) is 0 Å². The third kappa shape index (κ3) is 3.93. The fourth-order valence-electron chi connectivity index (χ4n) is 1.84. The van der Waals surface area contributed by atoms with Crippen molar-refractivity contribution in [2.45, 2.75) is 0 Å². The van der Waals surface area contributed by atoms with Crippen molar-refractivity contribution in [3.05, 3.63) is 83.7 Å². The van der Waals surface area contributed by atoms with Gasteiger partial charge in [0.25, 0.3) is 0 Å². The zero-order valence-corrected chi connectivity index (χ0v) is 11.9. The third-order valence-corrected chi connectivity index (χ3v) is 2.97. The van der Waals surface area contributed by atoms with Crippen LogP contribution in [0, 0.1) is 0 Å². The first kappa shape index (κ1) is 13.8. The molecule has 0 radical (unpaired) electrons. The van der Waals surface area contributed by atoms with Gasteiger partial charge < -0.3 is 0 Å². The number of hydrogen-bond acceptors (Lipinski definition) is 4. The maximum atomic E-state index is 4.18. The lowest BCUT2D eigenvalue weighted by Gasteiger charge is -1.95. The fraction of sp³-hybridized carbons (Fsp3) is 0. The summed E-state index contributed by atoms with van der Waals surface area (Å²) in [6, 6.07) is 11.6. The minimum absolute atomic E-state index is 0.808. The summed E-state index contributed by atoms with van der Waals surface area (Å²) in [5, 5.41) is 8.36. The largest absolute Gasteiger partial charge is 0.264 e. The van der Waals surface area contributed by atoms with E-state index in [4.69, 9.17) is 0 Å². The van der Waals surface area contributed by atoms with E-state index in [1.54, 1.807) is 24.8 Å². The molecule has 4 nitrogen and oxygen atoms in total. The lowest BCUT2D eigenvalue weighted by Crippen LogP contribution is -1.88. The zero-order valence-electron chi connectivity index (χ0n) is 11.9. The van der Waals surface area contributed by atoms with Gasteiger partial charge in [0.15, 0.2) is 0 Å². The van der Waals surface area contributed by atoms with E-state index in [0.717, 1.165) is 22.5 Å². The van der Waals surface area contributed by atoms with Gasteiger partial charge in [0.1, 0.15) is 0 Å². The molecule has 3 aromatic rings. The van der Waals surface area contributed by atoms with Crippen molar-refractivity contribution in [3.8, 4) is 0 Å². The van der Waals surface area contributed by atoms with Gasteiger partial charge in [-0.05, 0) is 47.5 Å². The smallest absolute Gasteiger partial charge is 0.0858 e. The molecule has 22 heavy (non-hydrogen) atoms. The van der Waals surface area contributed by atoms with E-state index in [1.807, 2.05) is 60.7 Å². The average Bonchev–Trinajstić information content (AvgIpc) is 2.61. The molecular weight excluding hydrogens is 272 g/mol. The summed E-state index contributed by atoms with van der Waals surface area (Å²) in [6.07, 6.45) is 14.9. The molecule has 0 aliphatic heterocycles. The molecule has 0 atom stereocenters. The summed E-state index contributed by atoms with van der Waals surface area (Å²) in [5.74, 6) is 0. The van der Waals surface area contributed by atoms with Gasteiger partial charge in [-0.3, -0.25) is 9.97 Å². The van der Waals surface area contributed by atoms with E-state index in [1.165, 1.54) is 0 Å². The molecular formula is C18H14N4. The van der Waals surface area contributed by atoms with Crippen molar-refractivity contribution in [1.29, 1.82) is 0 Å². The van der Waals surface area contributed by atoms with Crippen LogP contribution in [0.15, 0.2) is 61.2 Å². The maximum absolute atomic E-state index is 4.18. The Kier molecular flexibility index (Phi) is 4.42. The van der Waals surface area contributed by atoms with Crippen LogP contribution in [-0.4, -0.2) is 20.2 Å². The van der Waals surface area contributed by atoms with Crippen molar-refractivity contribution in [1.82, 2.24) is 20.2 Å². The lowest BCUT2D eigenvalue weighted by atomic mass is 10.2. The van der Waals surface area contributed by atoms with E-state index >= 15 is 0 Å². The summed E-state index contributed by atoms with van der Waals surface area (Å²) in [7, 11) is 0. The molecule has 0 aliphatic carbocycles. The Hall–Kier alpha value is -3.14. The molecule has 3 rings (SSSR count). The molecule has 0 aliphatic rings. The zero-order chi connectivity index (χ0) is 15.0. The number of nitrogens with zero attached hydrogens (tertiary/aromatic N) is 4. The van der Waals surface area contributed by atoms with Crippen molar-refractivity contribution in [2.24, 2.45) is 0 Å². The molecule has 0 bridgehead atoms. The van der Waals surface area contributed by atoms with Crippen molar-refractivity contribution < 1.29 is 0 Å². The van der Waals surface area contributed by atoms with Crippen molar-refractivity contribution >= 4 is 24.3 Å². The van der Waals surface area contributed by atoms with Gasteiger partial charge in [0.2, 0.25) is 0 Å². The topological polar surface area (TPSA) is 51.6 Å². The first-order chi connectivity index (χ1) is 10.9. The molecule has 0 N–H and O–H groups in total. The lowest BCUT2D eigenvalue weighted by molar-refractivity contribution is 1.00. The van der Waals surface area contributed by atoms with Crippen LogP contribution in [0.1, 0.15) is 22.5 Å². The number of pyridine rings is 2. The van der Waals surface area contributed by atoms with Crippen LogP contribution in [-0.2, 0) is 0 Å². The molecule has 0 aromatic carbocycles. The van der Waals surface area contributed by atoms with E-state index < -0.39 is 0 Å². The van der Waals surface area contributed by atoms with E-state index in [2.05, 4.69) is 20.2 Å². The fourth-order valence-corrected chi connectivity index (χ4v) is 1.84. The van der Waals surface area contributed by atoms with E-state index in [-0.39, 0.29) is 0 Å². The molecule has 3 heterocycles. The Morgan fingerprint density at radius 2 is 1.09 bits per heavy atom. The van der Waals surface area contributed by atoms with Crippen LogP contribution in [0.5, 0.6) is 0 Å². The minimum Gasteiger partial charge on any atom is -0.264 e. The molecule has 106 valence electrons. The Balaban J connectivity index is 1.68. The van der Waals surface area contributed by atoms with Gasteiger partial charge >= 0.3 is 0 Å². The summed E-state index contributed by atoms with van der Waals surface area (Å²) in [6.45, 7) is 0. The van der Waals surface area contributed by atoms with Crippen LogP contribution in [0.3, 0.4) is 0 Å². The normalized spacial score (nSPS) is 11.3. The highest BCUT2D eigenvalue weighted by atomic mass is 15.1. The Bertz CT molecular complexity index is 695.